The van der Waals surface area contributed by atoms with E-state index in [1.54, 1.807) is 62.4 Å². The van der Waals surface area contributed by atoms with Crippen molar-refractivity contribution in [2.24, 2.45) is 0 Å². The Labute approximate surface area is 158 Å². The molecule has 27 heavy (non-hydrogen) atoms. The minimum atomic E-state index is -4.00. The molecule has 0 aliphatic heterocycles. The molecular formula is C19H22O7S. The molecule has 0 bridgehead atoms. The number of aliphatic hydroxyl groups excluding tert-OH is 2. The van der Waals surface area contributed by atoms with Crippen LogP contribution in [0.5, 0.6) is 0 Å². The van der Waals surface area contributed by atoms with E-state index in [2.05, 4.69) is 11.8 Å². The number of aromatic carboxylic acids is 1. The molecule has 146 valence electrons. The normalized spacial score (nSPS) is 11.9. The predicted octanol–water partition coefficient (Wildman–Crippen LogP) is 2.07. The molecule has 7 nitrogen and oxygen atoms in total. The summed E-state index contributed by atoms with van der Waals surface area (Å²) in [6.07, 6.45) is -1.27. The van der Waals surface area contributed by atoms with Crippen molar-refractivity contribution in [1.29, 1.82) is 0 Å². The molecule has 0 saturated heterocycles. The summed E-state index contributed by atoms with van der Waals surface area (Å²) in [5.74, 6) is 3.92. The molecule has 0 aliphatic carbocycles. The van der Waals surface area contributed by atoms with Gasteiger partial charge in [-0.3, -0.25) is 4.55 Å². The van der Waals surface area contributed by atoms with Crippen molar-refractivity contribution in [2.45, 2.75) is 31.0 Å². The lowest BCUT2D eigenvalue weighted by Crippen LogP contribution is -1.98. The number of carboxylic acids is 1. The molecule has 0 saturated carbocycles. The largest absolute Gasteiger partial charge is 0.478 e. The molecule has 0 heterocycles. The van der Waals surface area contributed by atoms with Crippen molar-refractivity contribution in [3.05, 3.63) is 66.2 Å². The van der Waals surface area contributed by atoms with Crippen molar-refractivity contribution < 1.29 is 33.1 Å². The summed E-state index contributed by atoms with van der Waals surface area (Å²) >= 11 is 0. The fourth-order valence-electron chi connectivity index (χ4n) is 1.41. The van der Waals surface area contributed by atoms with Crippen molar-refractivity contribution in [2.75, 3.05) is 0 Å². The van der Waals surface area contributed by atoms with Gasteiger partial charge in [0.2, 0.25) is 0 Å². The average molecular weight is 394 g/mol. The van der Waals surface area contributed by atoms with Crippen LogP contribution < -0.4 is 0 Å². The van der Waals surface area contributed by atoms with Gasteiger partial charge in [-0.25, -0.2) is 4.79 Å². The number of hydrogen-bond acceptors (Lipinski definition) is 5. The van der Waals surface area contributed by atoms with Crippen LogP contribution in [0.25, 0.3) is 0 Å². The second-order valence-electron chi connectivity index (χ2n) is 5.10. The highest BCUT2D eigenvalue weighted by Gasteiger charge is 2.05. The first kappa shape index (κ1) is 24.3. The van der Waals surface area contributed by atoms with Crippen LogP contribution in [0.3, 0.4) is 0 Å². The maximum absolute atomic E-state index is 10.4. The Kier molecular flexibility index (Phi) is 11.4. The van der Waals surface area contributed by atoms with Crippen LogP contribution in [-0.2, 0) is 10.1 Å². The first-order chi connectivity index (χ1) is 12.5. The fraction of sp³-hybridized carbons (Fsp3) is 0.211. The van der Waals surface area contributed by atoms with E-state index < -0.39 is 28.3 Å². The lowest BCUT2D eigenvalue weighted by Gasteiger charge is -1.92. The van der Waals surface area contributed by atoms with Gasteiger partial charge in [0.05, 0.1) is 10.5 Å². The van der Waals surface area contributed by atoms with Crippen LogP contribution in [0, 0.1) is 11.8 Å². The van der Waals surface area contributed by atoms with E-state index in [0.717, 1.165) is 0 Å². The van der Waals surface area contributed by atoms with Crippen LogP contribution in [0.4, 0.5) is 0 Å². The standard InChI is InChI=1S/C7H6O2.C6H6O3S.C6H10O2/c8-7(9)6-4-2-1-3-5-6;7-10(8,9)6-4-2-1-3-5-6;1-5(7)3-4-6(2)8/h1-5H,(H,8,9);1-5H,(H,7,8,9);5-8H,1-2H3. The first-order valence-corrected chi connectivity index (χ1v) is 9.16. The SMILES string of the molecule is CC(O)C#CC(C)O.O=C(O)c1ccccc1.O=S(=O)(O)c1ccccc1. The minimum Gasteiger partial charge on any atom is -0.478 e. The third-order valence-electron chi connectivity index (χ3n) is 2.56. The van der Waals surface area contributed by atoms with Gasteiger partial charge in [-0.1, -0.05) is 48.2 Å². The highest BCUT2D eigenvalue weighted by atomic mass is 32.2. The topological polar surface area (TPSA) is 132 Å². The fourth-order valence-corrected chi connectivity index (χ4v) is 1.92. The van der Waals surface area contributed by atoms with E-state index >= 15 is 0 Å². The molecule has 0 amide bonds. The number of benzene rings is 2. The summed E-state index contributed by atoms with van der Waals surface area (Å²) in [5, 5.41) is 25.4. The zero-order chi connectivity index (χ0) is 20.9. The van der Waals surface area contributed by atoms with Crippen molar-refractivity contribution in [3.8, 4) is 11.8 Å². The van der Waals surface area contributed by atoms with Crippen LogP contribution >= 0.6 is 0 Å². The van der Waals surface area contributed by atoms with E-state index in [-0.39, 0.29) is 4.90 Å². The summed E-state index contributed by atoms with van der Waals surface area (Å²) in [7, 11) is -4.00. The van der Waals surface area contributed by atoms with Gasteiger partial charge in [0.1, 0.15) is 12.2 Å². The van der Waals surface area contributed by atoms with Crippen LogP contribution in [0.2, 0.25) is 0 Å². The zero-order valence-electron chi connectivity index (χ0n) is 14.9. The van der Waals surface area contributed by atoms with Gasteiger partial charge in [-0.15, -0.1) is 0 Å². The predicted molar refractivity (Wildman–Crippen MR) is 101 cm³/mol. The van der Waals surface area contributed by atoms with Crippen LogP contribution in [0.1, 0.15) is 24.2 Å². The Balaban J connectivity index is 0.000000379. The van der Waals surface area contributed by atoms with E-state index in [1.165, 1.54) is 12.1 Å². The summed E-state index contributed by atoms with van der Waals surface area (Å²) in [6.45, 7) is 3.10. The number of hydrogen-bond donors (Lipinski definition) is 4. The highest BCUT2D eigenvalue weighted by Crippen LogP contribution is 2.05. The van der Waals surface area contributed by atoms with Gasteiger partial charge in [0.15, 0.2) is 0 Å². The van der Waals surface area contributed by atoms with Crippen molar-refractivity contribution in [1.82, 2.24) is 0 Å². The summed E-state index contributed by atoms with van der Waals surface area (Å²) in [6, 6.07) is 15.7. The second-order valence-corrected chi connectivity index (χ2v) is 6.52. The van der Waals surface area contributed by atoms with Gasteiger partial charge in [-0.2, -0.15) is 8.42 Å². The number of rotatable bonds is 2. The first-order valence-electron chi connectivity index (χ1n) is 7.72. The van der Waals surface area contributed by atoms with Crippen LogP contribution in [-0.4, -0.2) is 46.5 Å². The lowest BCUT2D eigenvalue weighted by atomic mass is 10.2. The molecule has 0 aromatic heterocycles. The third kappa shape index (κ3) is 13.2. The Morgan fingerprint density at radius 1 is 0.852 bits per heavy atom. The molecule has 0 aliphatic rings. The quantitative estimate of drug-likeness (QED) is 0.453. The Morgan fingerprint density at radius 2 is 1.22 bits per heavy atom. The van der Waals surface area contributed by atoms with Gasteiger partial charge >= 0.3 is 5.97 Å². The number of carbonyl (C=O) groups is 1. The molecule has 2 rings (SSSR count). The van der Waals surface area contributed by atoms with Gasteiger partial charge in [-0.05, 0) is 38.1 Å². The average Bonchev–Trinajstić information content (AvgIpc) is 2.62. The summed E-state index contributed by atoms with van der Waals surface area (Å²) < 4.78 is 29.2. The smallest absolute Gasteiger partial charge is 0.335 e. The van der Waals surface area contributed by atoms with E-state index in [1.807, 2.05) is 0 Å². The second kappa shape index (κ2) is 12.6. The van der Waals surface area contributed by atoms with E-state index in [0.29, 0.717) is 5.56 Å². The monoisotopic (exact) mass is 394 g/mol. The van der Waals surface area contributed by atoms with E-state index in [4.69, 9.17) is 19.9 Å². The maximum Gasteiger partial charge on any atom is 0.335 e. The van der Waals surface area contributed by atoms with Crippen LogP contribution in [0.15, 0.2) is 65.6 Å². The number of aliphatic hydroxyl groups is 2. The molecule has 2 atom stereocenters. The Bertz CT molecular complexity index is 822. The number of carboxylic acid groups (broad SMARTS) is 1. The summed E-state index contributed by atoms with van der Waals surface area (Å²) in [4.78, 5) is 10.1. The van der Waals surface area contributed by atoms with Gasteiger partial charge in [0.25, 0.3) is 10.1 Å². The lowest BCUT2D eigenvalue weighted by molar-refractivity contribution is 0.0697. The molecule has 4 N–H and O–H groups in total. The van der Waals surface area contributed by atoms with Crippen molar-refractivity contribution in [3.63, 3.8) is 0 Å². The highest BCUT2D eigenvalue weighted by molar-refractivity contribution is 7.85. The van der Waals surface area contributed by atoms with Gasteiger partial charge < -0.3 is 15.3 Å². The van der Waals surface area contributed by atoms with Gasteiger partial charge in [0, 0.05) is 0 Å². The Morgan fingerprint density at radius 3 is 1.44 bits per heavy atom. The molecule has 8 heteroatoms. The zero-order valence-corrected chi connectivity index (χ0v) is 15.7. The van der Waals surface area contributed by atoms with E-state index in [9.17, 15) is 13.2 Å². The van der Waals surface area contributed by atoms with Crippen molar-refractivity contribution >= 4 is 16.1 Å². The third-order valence-corrected chi connectivity index (χ3v) is 3.43. The summed E-state index contributed by atoms with van der Waals surface area (Å²) in [5.41, 5.74) is 0.331. The molecule has 0 spiro atoms. The minimum absolute atomic E-state index is 0.0741. The molecule has 0 radical (unpaired) electrons. The molecular weight excluding hydrogens is 372 g/mol. The molecule has 2 unspecified atom stereocenters. The maximum atomic E-state index is 10.4. The molecule has 2 aromatic rings. The molecule has 0 fully saturated rings. The molecule has 2 aromatic carbocycles. The Hall–Kier alpha value is -2.70.